The molecule has 0 atom stereocenters. The lowest BCUT2D eigenvalue weighted by atomic mass is 10.2. The largest absolute Gasteiger partial charge is 0.403 e. The molecule has 0 saturated carbocycles. The van der Waals surface area contributed by atoms with Gasteiger partial charge in [-0.2, -0.15) is 0 Å². The van der Waals surface area contributed by atoms with Gasteiger partial charge in [0.1, 0.15) is 0 Å². The molecule has 19 heavy (non-hydrogen) atoms. The van der Waals surface area contributed by atoms with Crippen molar-refractivity contribution in [1.29, 1.82) is 0 Å². The Hall–Kier alpha value is -2.04. The summed E-state index contributed by atoms with van der Waals surface area (Å²) in [6.07, 6.45) is 4.95. The molecule has 1 aromatic heterocycles. The van der Waals surface area contributed by atoms with Crippen molar-refractivity contribution >= 4 is 11.7 Å². The van der Waals surface area contributed by atoms with Crippen LogP contribution in [-0.4, -0.2) is 23.3 Å². The molecule has 5 heteroatoms. The summed E-state index contributed by atoms with van der Waals surface area (Å²) in [6.45, 7) is 2.00. The molecule has 5 nitrogen and oxygen atoms in total. The van der Waals surface area contributed by atoms with Gasteiger partial charge in [0, 0.05) is 24.3 Å². The second kappa shape index (κ2) is 5.30. The minimum absolute atomic E-state index is 0.534. The van der Waals surface area contributed by atoms with E-state index in [-0.39, 0.29) is 0 Å². The van der Waals surface area contributed by atoms with E-state index in [2.05, 4.69) is 15.1 Å². The molecule has 2 heterocycles. The highest BCUT2D eigenvalue weighted by Gasteiger charge is 2.16. The van der Waals surface area contributed by atoms with Crippen LogP contribution in [0, 0.1) is 0 Å². The van der Waals surface area contributed by atoms with Crippen LogP contribution in [0.1, 0.15) is 25.7 Å². The quantitative estimate of drug-likeness (QED) is 0.839. The van der Waals surface area contributed by atoms with Gasteiger partial charge in [0.2, 0.25) is 5.89 Å². The fourth-order valence-electron chi connectivity index (χ4n) is 2.39. The first-order chi connectivity index (χ1) is 9.33. The van der Waals surface area contributed by atoms with Crippen molar-refractivity contribution in [2.24, 2.45) is 0 Å². The molecule has 2 N–H and O–H groups in total. The molecule has 0 aliphatic carbocycles. The first-order valence-electron chi connectivity index (χ1n) is 6.77. The second-order valence-electron chi connectivity index (χ2n) is 4.92. The van der Waals surface area contributed by atoms with Gasteiger partial charge in [-0.3, -0.25) is 0 Å². The zero-order valence-electron chi connectivity index (χ0n) is 10.9. The van der Waals surface area contributed by atoms with E-state index in [4.69, 9.17) is 10.2 Å². The molecule has 0 unspecified atom stereocenters. The van der Waals surface area contributed by atoms with Gasteiger partial charge >= 0.3 is 6.01 Å². The van der Waals surface area contributed by atoms with E-state index in [0.717, 1.165) is 18.7 Å². The highest BCUT2D eigenvalue weighted by Crippen LogP contribution is 2.24. The fraction of sp³-hybridized carbons (Fsp3) is 0.429. The first-order valence-corrected chi connectivity index (χ1v) is 6.77. The molecule has 3 rings (SSSR count). The molecule has 0 spiro atoms. The van der Waals surface area contributed by atoms with Gasteiger partial charge in [0.25, 0.3) is 0 Å². The average Bonchev–Trinajstić information content (AvgIpc) is 2.75. The third-order valence-corrected chi connectivity index (χ3v) is 3.42. The summed E-state index contributed by atoms with van der Waals surface area (Å²) in [6, 6.07) is 8.13. The highest BCUT2D eigenvalue weighted by molar-refractivity contribution is 5.59. The topological polar surface area (TPSA) is 68.2 Å². The molecule has 1 aromatic carbocycles. The van der Waals surface area contributed by atoms with Gasteiger partial charge in [-0.25, -0.2) is 0 Å². The Kier molecular flexibility index (Phi) is 3.35. The van der Waals surface area contributed by atoms with Crippen LogP contribution in [0.4, 0.5) is 11.7 Å². The average molecular weight is 258 g/mol. The Morgan fingerprint density at radius 2 is 1.84 bits per heavy atom. The van der Waals surface area contributed by atoms with E-state index in [1.807, 2.05) is 24.3 Å². The number of hydrogen-bond acceptors (Lipinski definition) is 5. The third-order valence-electron chi connectivity index (χ3n) is 3.42. The maximum Gasteiger partial charge on any atom is 0.318 e. The summed E-state index contributed by atoms with van der Waals surface area (Å²) in [5, 5.41) is 8.28. The van der Waals surface area contributed by atoms with E-state index in [1.54, 1.807) is 0 Å². The second-order valence-corrected chi connectivity index (χ2v) is 4.92. The third kappa shape index (κ3) is 2.70. The predicted octanol–water partition coefficient (Wildman–Crippen LogP) is 2.70. The van der Waals surface area contributed by atoms with Crippen LogP contribution in [0.2, 0.25) is 0 Å². The van der Waals surface area contributed by atoms with E-state index in [9.17, 15) is 0 Å². The van der Waals surface area contributed by atoms with Crippen LogP contribution >= 0.6 is 0 Å². The van der Waals surface area contributed by atoms with Crippen molar-refractivity contribution in [3.63, 3.8) is 0 Å². The monoisotopic (exact) mass is 258 g/mol. The van der Waals surface area contributed by atoms with Crippen molar-refractivity contribution in [2.75, 3.05) is 23.7 Å². The first kappa shape index (κ1) is 12.0. The minimum Gasteiger partial charge on any atom is -0.403 e. The maximum absolute atomic E-state index is 5.77. The van der Waals surface area contributed by atoms with E-state index >= 15 is 0 Å². The smallest absolute Gasteiger partial charge is 0.318 e. The zero-order valence-corrected chi connectivity index (χ0v) is 10.9. The molecule has 0 amide bonds. The van der Waals surface area contributed by atoms with Crippen molar-refractivity contribution < 1.29 is 4.42 Å². The molecular formula is C14H18N4O. The lowest BCUT2D eigenvalue weighted by Crippen LogP contribution is -2.24. The molecule has 0 radical (unpaired) electrons. The van der Waals surface area contributed by atoms with E-state index in [0.29, 0.717) is 17.6 Å². The van der Waals surface area contributed by atoms with Gasteiger partial charge in [0.05, 0.1) is 0 Å². The summed E-state index contributed by atoms with van der Waals surface area (Å²) in [4.78, 5) is 2.18. The molecule has 1 saturated heterocycles. The lowest BCUT2D eigenvalue weighted by molar-refractivity contribution is 0.543. The molecule has 1 aliphatic rings. The predicted molar refractivity (Wildman–Crippen MR) is 74.8 cm³/mol. The van der Waals surface area contributed by atoms with Crippen molar-refractivity contribution in [3.8, 4) is 11.5 Å². The molecular weight excluding hydrogens is 240 g/mol. The molecule has 1 fully saturated rings. The van der Waals surface area contributed by atoms with Gasteiger partial charge < -0.3 is 15.1 Å². The van der Waals surface area contributed by atoms with Crippen molar-refractivity contribution in [3.05, 3.63) is 24.3 Å². The van der Waals surface area contributed by atoms with Crippen LogP contribution in [0.5, 0.6) is 0 Å². The van der Waals surface area contributed by atoms with Crippen LogP contribution in [-0.2, 0) is 0 Å². The Bertz CT molecular complexity index is 544. The van der Waals surface area contributed by atoms with Crippen molar-refractivity contribution in [2.45, 2.75) is 25.7 Å². The Morgan fingerprint density at radius 1 is 1.05 bits per heavy atom. The minimum atomic E-state index is 0.534. The Balaban J connectivity index is 1.82. The zero-order chi connectivity index (χ0) is 13.1. The maximum atomic E-state index is 5.77. The number of nitrogen functional groups attached to an aromatic ring is 1. The number of benzene rings is 1. The van der Waals surface area contributed by atoms with Gasteiger partial charge in [0.15, 0.2) is 0 Å². The number of nitrogens with two attached hydrogens (primary N) is 1. The fourth-order valence-corrected chi connectivity index (χ4v) is 2.39. The highest BCUT2D eigenvalue weighted by atomic mass is 16.4. The summed E-state index contributed by atoms with van der Waals surface area (Å²) in [7, 11) is 0. The van der Waals surface area contributed by atoms with Crippen LogP contribution in [0.15, 0.2) is 28.7 Å². The van der Waals surface area contributed by atoms with Crippen LogP contribution < -0.4 is 10.6 Å². The van der Waals surface area contributed by atoms with Gasteiger partial charge in [-0.05, 0) is 31.0 Å². The van der Waals surface area contributed by atoms with Gasteiger partial charge in [-0.15, -0.1) is 5.10 Å². The Labute approximate surface area is 112 Å². The van der Waals surface area contributed by atoms with Crippen molar-refractivity contribution in [1.82, 2.24) is 10.2 Å². The van der Waals surface area contributed by atoms with Crippen LogP contribution in [0.25, 0.3) is 11.5 Å². The SMILES string of the molecule is Nc1cccc(-c2nnc(N3CCCCCC3)o2)c1. The summed E-state index contributed by atoms with van der Waals surface area (Å²) >= 11 is 0. The molecule has 1 aliphatic heterocycles. The number of nitrogens with zero attached hydrogens (tertiary/aromatic N) is 3. The summed E-state index contributed by atoms with van der Waals surface area (Å²) < 4.78 is 5.77. The number of aromatic nitrogens is 2. The van der Waals surface area contributed by atoms with Crippen LogP contribution in [0.3, 0.4) is 0 Å². The van der Waals surface area contributed by atoms with E-state index < -0.39 is 0 Å². The number of rotatable bonds is 2. The molecule has 100 valence electrons. The number of anilines is 2. The number of hydrogen-bond donors (Lipinski definition) is 1. The summed E-state index contributed by atoms with van der Waals surface area (Å²) in [5.41, 5.74) is 7.34. The van der Waals surface area contributed by atoms with Gasteiger partial charge in [-0.1, -0.05) is 24.0 Å². The molecule has 0 bridgehead atoms. The summed E-state index contributed by atoms with van der Waals surface area (Å²) in [5.74, 6) is 0.534. The standard InChI is InChI=1S/C14H18N4O/c15-12-7-5-6-11(10-12)13-16-17-14(19-13)18-8-3-1-2-4-9-18/h5-7,10H,1-4,8-9,15H2. The lowest BCUT2D eigenvalue weighted by Gasteiger charge is -2.16. The molecule has 2 aromatic rings. The normalized spacial score (nSPS) is 16.3. The van der Waals surface area contributed by atoms with E-state index in [1.165, 1.54) is 25.7 Å². The Morgan fingerprint density at radius 3 is 2.58 bits per heavy atom.